The number of carbonyl (C=O) groups is 2. The van der Waals surface area contributed by atoms with Crippen LogP contribution in [0.25, 0.3) is 0 Å². The van der Waals surface area contributed by atoms with Crippen molar-refractivity contribution in [2.45, 2.75) is 57.5 Å². The number of hydrogen-bond acceptors (Lipinski definition) is 3. The first-order chi connectivity index (χ1) is 12.0. The van der Waals surface area contributed by atoms with Gasteiger partial charge in [-0.1, -0.05) is 43.5 Å². The van der Waals surface area contributed by atoms with Gasteiger partial charge in [-0.15, -0.1) is 0 Å². The Kier molecular flexibility index (Phi) is 7.44. The second-order valence-electron chi connectivity index (χ2n) is 7.17. The predicted molar refractivity (Wildman–Crippen MR) is 100 cm³/mol. The number of aryl methyl sites for hydroxylation is 1. The van der Waals surface area contributed by atoms with E-state index in [0.717, 1.165) is 24.0 Å². The Morgan fingerprint density at radius 2 is 1.84 bits per heavy atom. The molecule has 0 radical (unpaired) electrons. The number of benzene rings is 1. The normalized spacial score (nSPS) is 16.5. The first-order valence-corrected chi connectivity index (χ1v) is 9.28. The SMILES string of the molecule is Cc1ccccc1[C@H](C(=O)NCCC(=O)NC1CCCCC1)N(C)C. The van der Waals surface area contributed by atoms with E-state index in [4.69, 9.17) is 0 Å². The van der Waals surface area contributed by atoms with Crippen molar-refractivity contribution in [3.8, 4) is 0 Å². The molecule has 5 nitrogen and oxygen atoms in total. The smallest absolute Gasteiger partial charge is 0.241 e. The molecule has 1 aliphatic carbocycles. The van der Waals surface area contributed by atoms with Crippen LogP contribution >= 0.6 is 0 Å². The lowest BCUT2D eigenvalue weighted by Gasteiger charge is -2.25. The van der Waals surface area contributed by atoms with Crippen molar-refractivity contribution in [1.29, 1.82) is 0 Å². The Bertz CT molecular complexity index is 580. The molecule has 1 saturated carbocycles. The molecule has 25 heavy (non-hydrogen) atoms. The van der Waals surface area contributed by atoms with Crippen LogP contribution in [0.1, 0.15) is 55.7 Å². The number of nitrogens with zero attached hydrogens (tertiary/aromatic N) is 1. The van der Waals surface area contributed by atoms with Gasteiger partial charge in [0.1, 0.15) is 6.04 Å². The molecule has 0 bridgehead atoms. The van der Waals surface area contributed by atoms with E-state index in [9.17, 15) is 9.59 Å². The summed E-state index contributed by atoms with van der Waals surface area (Å²) in [5.41, 5.74) is 2.09. The van der Waals surface area contributed by atoms with E-state index in [1.54, 1.807) is 0 Å². The zero-order valence-electron chi connectivity index (χ0n) is 15.7. The minimum absolute atomic E-state index is 0.0319. The fraction of sp³-hybridized carbons (Fsp3) is 0.600. The van der Waals surface area contributed by atoms with Crippen LogP contribution in [0.3, 0.4) is 0 Å². The molecule has 1 atom stereocenters. The Morgan fingerprint density at radius 1 is 1.16 bits per heavy atom. The first kappa shape index (κ1) is 19.4. The molecule has 0 heterocycles. The van der Waals surface area contributed by atoms with Crippen LogP contribution in [0.2, 0.25) is 0 Å². The maximum absolute atomic E-state index is 12.6. The third-order valence-corrected chi connectivity index (χ3v) is 4.87. The highest BCUT2D eigenvalue weighted by molar-refractivity contribution is 5.84. The van der Waals surface area contributed by atoms with Crippen molar-refractivity contribution in [3.05, 3.63) is 35.4 Å². The third kappa shape index (κ3) is 5.85. The minimum atomic E-state index is -0.345. The Hall–Kier alpha value is -1.88. The van der Waals surface area contributed by atoms with Gasteiger partial charge in [0.15, 0.2) is 0 Å². The van der Waals surface area contributed by atoms with Gasteiger partial charge >= 0.3 is 0 Å². The van der Waals surface area contributed by atoms with Gasteiger partial charge in [-0.2, -0.15) is 0 Å². The fourth-order valence-corrected chi connectivity index (χ4v) is 3.49. The van der Waals surface area contributed by atoms with Crippen molar-refractivity contribution in [2.75, 3.05) is 20.6 Å². The lowest BCUT2D eigenvalue weighted by atomic mass is 9.95. The van der Waals surface area contributed by atoms with Crippen LogP contribution in [0, 0.1) is 6.92 Å². The summed E-state index contributed by atoms with van der Waals surface area (Å²) in [6, 6.07) is 7.88. The zero-order valence-corrected chi connectivity index (χ0v) is 15.7. The number of carbonyl (C=O) groups excluding carboxylic acids is 2. The average Bonchev–Trinajstić information content (AvgIpc) is 2.57. The minimum Gasteiger partial charge on any atom is -0.354 e. The maximum atomic E-state index is 12.6. The first-order valence-electron chi connectivity index (χ1n) is 9.28. The Balaban J connectivity index is 1.83. The second-order valence-corrected chi connectivity index (χ2v) is 7.17. The van der Waals surface area contributed by atoms with E-state index in [2.05, 4.69) is 10.6 Å². The molecule has 2 N–H and O–H groups in total. The van der Waals surface area contributed by atoms with E-state index >= 15 is 0 Å². The highest BCUT2D eigenvalue weighted by Crippen LogP contribution is 2.22. The van der Waals surface area contributed by atoms with Crippen LogP contribution < -0.4 is 10.6 Å². The van der Waals surface area contributed by atoms with E-state index in [0.29, 0.717) is 19.0 Å². The highest BCUT2D eigenvalue weighted by Gasteiger charge is 2.24. The van der Waals surface area contributed by atoms with Crippen LogP contribution in [0.5, 0.6) is 0 Å². The van der Waals surface area contributed by atoms with E-state index in [1.165, 1.54) is 19.3 Å². The number of likely N-dealkylation sites (N-methyl/N-ethyl adjacent to an activating group) is 1. The van der Waals surface area contributed by atoms with Gasteiger partial charge in [0.2, 0.25) is 11.8 Å². The summed E-state index contributed by atoms with van der Waals surface area (Å²) in [4.78, 5) is 26.6. The van der Waals surface area contributed by atoms with Crippen LogP contribution in [-0.4, -0.2) is 43.4 Å². The lowest BCUT2D eigenvalue weighted by Crippen LogP contribution is -2.41. The average molecular weight is 345 g/mol. The predicted octanol–water partition coefficient (Wildman–Crippen LogP) is 2.55. The van der Waals surface area contributed by atoms with Gasteiger partial charge in [-0.05, 0) is 45.0 Å². The molecule has 1 fully saturated rings. The van der Waals surface area contributed by atoms with Gasteiger partial charge in [-0.3, -0.25) is 14.5 Å². The summed E-state index contributed by atoms with van der Waals surface area (Å²) in [6.07, 6.45) is 6.15. The van der Waals surface area contributed by atoms with Crippen molar-refractivity contribution >= 4 is 11.8 Å². The molecule has 0 aliphatic heterocycles. The molecule has 0 aromatic heterocycles. The van der Waals surface area contributed by atoms with Crippen molar-refractivity contribution in [2.24, 2.45) is 0 Å². The van der Waals surface area contributed by atoms with E-state index in [-0.39, 0.29) is 17.9 Å². The number of amides is 2. The van der Waals surface area contributed by atoms with Crippen molar-refractivity contribution < 1.29 is 9.59 Å². The molecule has 2 amide bonds. The summed E-state index contributed by atoms with van der Waals surface area (Å²) < 4.78 is 0. The van der Waals surface area contributed by atoms with Gasteiger partial charge in [0.05, 0.1) is 0 Å². The summed E-state index contributed by atoms with van der Waals surface area (Å²) in [6.45, 7) is 2.38. The van der Waals surface area contributed by atoms with Gasteiger partial charge in [0.25, 0.3) is 0 Å². The molecule has 0 unspecified atom stereocenters. The van der Waals surface area contributed by atoms with Crippen molar-refractivity contribution in [3.63, 3.8) is 0 Å². The number of nitrogens with one attached hydrogen (secondary N) is 2. The number of hydrogen-bond donors (Lipinski definition) is 2. The molecule has 5 heteroatoms. The van der Waals surface area contributed by atoms with E-state index < -0.39 is 0 Å². The molecule has 0 saturated heterocycles. The number of rotatable bonds is 7. The molecular formula is C20H31N3O2. The molecule has 1 aromatic carbocycles. The van der Waals surface area contributed by atoms with Gasteiger partial charge < -0.3 is 10.6 Å². The summed E-state index contributed by atoms with van der Waals surface area (Å²) in [5, 5.41) is 6.00. The summed E-state index contributed by atoms with van der Waals surface area (Å²) >= 11 is 0. The second kappa shape index (κ2) is 9.56. The quantitative estimate of drug-likeness (QED) is 0.798. The largest absolute Gasteiger partial charge is 0.354 e. The molecule has 2 rings (SSSR count). The van der Waals surface area contributed by atoms with Gasteiger partial charge in [-0.25, -0.2) is 0 Å². The highest BCUT2D eigenvalue weighted by atomic mass is 16.2. The summed E-state index contributed by atoms with van der Waals surface area (Å²) in [5.74, 6) is -0.0331. The Morgan fingerprint density at radius 3 is 2.48 bits per heavy atom. The Labute approximate surface area is 151 Å². The molecule has 138 valence electrons. The third-order valence-electron chi connectivity index (χ3n) is 4.87. The van der Waals surface area contributed by atoms with Crippen molar-refractivity contribution in [1.82, 2.24) is 15.5 Å². The maximum Gasteiger partial charge on any atom is 0.241 e. The van der Waals surface area contributed by atoms with Crippen LogP contribution in [0.15, 0.2) is 24.3 Å². The lowest BCUT2D eigenvalue weighted by molar-refractivity contribution is -0.126. The standard InChI is InChI=1S/C20H31N3O2/c1-15-9-7-8-12-17(15)19(23(2)3)20(25)21-14-13-18(24)22-16-10-5-4-6-11-16/h7-9,12,16,19H,4-6,10-11,13-14H2,1-3H3,(H,21,25)(H,22,24)/t19-/m1/s1. The van der Waals surface area contributed by atoms with Gasteiger partial charge in [0, 0.05) is 19.0 Å². The molecule has 0 spiro atoms. The van der Waals surface area contributed by atoms with Crippen LogP contribution in [-0.2, 0) is 9.59 Å². The monoisotopic (exact) mass is 345 g/mol. The summed E-state index contributed by atoms with van der Waals surface area (Å²) in [7, 11) is 3.79. The molecular weight excluding hydrogens is 314 g/mol. The molecule has 1 aliphatic rings. The van der Waals surface area contributed by atoms with E-state index in [1.807, 2.05) is 50.2 Å². The topological polar surface area (TPSA) is 61.4 Å². The molecule has 1 aromatic rings. The zero-order chi connectivity index (χ0) is 18.2. The van der Waals surface area contributed by atoms with Crippen LogP contribution in [0.4, 0.5) is 0 Å². The fourth-order valence-electron chi connectivity index (χ4n) is 3.49.